The van der Waals surface area contributed by atoms with Gasteiger partial charge in [0.2, 0.25) is 0 Å². The van der Waals surface area contributed by atoms with Crippen molar-refractivity contribution in [2.45, 2.75) is 0 Å². The number of rotatable bonds is 9. The molecule has 0 unspecified atom stereocenters. The Kier molecular flexibility index (Phi) is 9.88. The summed E-state index contributed by atoms with van der Waals surface area (Å²) in [6.07, 6.45) is 0. The van der Waals surface area contributed by atoms with E-state index < -0.39 is 52.7 Å². The Bertz CT molecular complexity index is 267. The molecule has 0 aromatic rings. The van der Waals surface area contributed by atoms with Gasteiger partial charge in [-0.1, -0.05) is 0 Å². The molecule has 0 saturated carbocycles. The minimum atomic E-state index is -3.50. The molecule has 0 aromatic heterocycles. The summed E-state index contributed by atoms with van der Waals surface area (Å²) in [6.45, 7) is -1.85. The first-order valence-electron chi connectivity index (χ1n) is 4.72. The molecule has 0 fully saturated rings. The molecule has 12 nitrogen and oxygen atoms in total. The molecule has 108 valence electrons. The quantitative estimate of drug-likeness (QED) is 0.183. The SMILES string of the molecule is O=C(CNO)[O][Al]([O]C(=O)CNO)[O]C(=O)CNO. The Labute approximate surface area is 111 Å². The summed E-state index contributed by atoms with van der Waals surface area (Å²) in [5.74, 6) is -3.10. The zero-order valence-corrected chi connectivity index (χ0v) is 10.6. The summed E-state index contributed by atoms with van der Waals surface area (Å²) < 4.78 is 13.5. The molecule has 0 heterocycles. The first kappa shape index (κ1) is 17.7. The molecule has 0 aliphatic heterocycles. The average molecular weight is 297 g/mol. The standard InChI is InChI=1S/3C2H5NO3.Al/c3*4-2(5)1-3-6;/h3*3,6H,1H2,(H,4,5);/q;;;+3/p-3. The van der Waals surface area contributed by atoms with Crippen LogP contribution in [0.1, 0.15) is 0 Å². The minimum Gasteiger partial charge on any atom is -0.550 e. The highest BCUT2D eigenvalue weighted by molar-refractivity contribution is 6.44. The molecule has 0 saturated heterocycles. The van der Waals surface area contributed by atoms with Gasteiger partial charge in [0.1, 0.15) is 19.6 Å². The fourth-order valence-electron chi connectivity index (χ4n) is 0.713. The number of hydroxylamine groups is 3. The molecule has 19 heavy (non-hydrogen) atoms. The molecule has 0 amide bonds. The summed E-state index contributed by atoms with van der Waals surface area (Å²) in [4.78, 5) is 33.0. The van der Waals surface area contributed by atoms with Crippen LogP contribution in [0.5, 0.6) is 0 Å². The molecular formula is C6H12AlN3O9. The Morgan fingerprint density at radius 3 is 1.21 bits per heavy atom. The van der Waals surface area contributed by atoms with Crippen LogP contribution in [0, 0.1) is 0 Å². The molecule has 0 radical (unpaired) electrons. The van der Waals surface area contributed by atoms with E-state index in [2.05, 4.69) is 11.4 Å². The van der Waals surface area contributed by atoms with Gasteiger partial charge in [-0.3, -0.25) is 14.4 Å². The van der Waals surface area contributed by atoms with Gasteiger partial charge in [-0.25, -0.2) is 0 Å². The molecule has 0 aromatic carbocycles. The lowest BCUT2D eigenvalue weighted by molar-refractivity contribution is -0.148. The fourth-order valence-corrected chi connectivity index (χ4v) is 1.75. The predicted octanol–water partition coefficient (Wildman–Crippen LogP) is -3.46. The van der Waals surface area contributed by atoms with E-state index in [1.165, 1.54) is 16.4 Å². The number of carbonyl (C=O) groups excluding carboxylic acids is 3. The van der Waals surface area contributed by atoms with Crippen molar-refractivity contribution in [3.8, 4) is 0 Å². The second kappa shape index (κ2) is 10.6. The van der Waals surface area contributed by atoms with Gasteiger partial charge in [0, 0.05) is 0 Å². The Hall–Kier alpha value is -1.30. The number of nitrogens with one attached hydrogen (secondary N) is 3. The van der Waals surface area contributed by atoms with Gasteiger partial charge in [0.05, 0.1) is 0 Å². The van der Waals surface area contributed by atoms with Crippen molar-refractivity contribution >= 4 is 33.1 Å². The predicted molar refractivity (Wildman–Crippen MR) is 53.4 cm³/mol. The lowest BCUT2D eigenvalue weighted by Crippen LogP contribution is -2.40. The monoisotopic (exact) mass is 297 g/mol. The van der Waals surface area contributed by atoms with Crippen LogP contribution in [-0.2, 0) is 25.7 Å². The van der Waals surface area contributed by atoms with Crippen LogP contribution in [-0.4, -0.2) is 68.3 Å². The van der Waals surface area contributed by atoms with Crippen molar-refractivity contribution in [3.05, 3.63) is 0 Å². The van der Waals surface area contributed by atoms with Crippen molar-refractivity contribution < 1.29 is 41.4 Å². The van der Waals surface area contributed by atoms with Gasteiger partial charge in [0.25, 0.3) is 17.9 Å². The Morgan fingerprint density at radius 1 is 0.737 bits per heavy atom. The molecule has 0 rings (SSSR count). The lowest BCUT2D eigenvalue weighted by atomic mass is 10.7. The fraction of sp³-hybridized carbons (Fsp3) is 0.500. The maximum absolute atomic E-state index is 11.0. The van der Waals surface area contributed by atoms with Crippen molar-refractivity contribution in [1.29, 1.82) is 0 Å². The van der Waals surface area contributed by atoms with Crippen LogP contribution in [0.4, 0.5) is 0 Å². The van der Waals surface area contributed by atoms with Crippen LogP contribution in [0.15, 0.2) is 0 Å². The van der Waals surface area contributed by atoms with Gasteiger partial charge in [-0.15, -0.1) is 0 Å². The van der Waals surface area contributed by atoms with E-state index >= 15 is 0 Å². The van der Waals surface area contributed by atoms with E-state index in [1.54, 1.807) is 0 Å². The molecule has 0 bridgehead atoms. The molecular weight excluding hydrogens is 285 g/mol. The van der Waals surface area contributed by atoms with E-state index in [0.29, 0.717) is 0 Å². The number of hydrogen-bond donors (Lipinski definition) is 6. The van der Waals surface area contributed by atoms with Crippen LogP contribution in [0.25, 0.3) is 0 Å². The Morgan fingerprint density at radius 2 is 1.00 bits per heavy atom. The van der Waals surface area contributed by atoms with Gasteiger partial charge >= 0.3 is 15.1 Å². The van der Waals surface area contributed by atoms with Gasteiger partial charge < -0.3 is 27.0 Å². The van der Waals surface area contributed by atoms with Gasteiger partial charge in [-0.2, -0.15) is 16.4 Å². The summed E-state index contributed by atoms with van der Waals surface area (Å²) in [5.41, 5.74) is 4.48. The third-order valence-corrected chi connectivity index (χ3v) is 2.72. The van der Waals surface area contributed by atoms with E-state index in [-0.39, 0.29) is 0 Å². The zero-order valence-electron chi connectivity index (χ0n) is 9.49. The molecule has 0 aliphatic carbocycles. The minimum absolute atomic E-state index is 0.616. The maximum Gasteiger partial charge on any atom is 1.20 e. The summed E-state index contributed by atoms with van der Waals surface area (Å²) in [7, 11) is 0. The zero-order chi connectivity index (χ0) is 14.7. The van der Waals surface area contributed by atoms with Crippen LogP contribution < -0.4 is 16.4 Å². The highest BCUT2D eigenvalue weighted by atomic mass is 27.3. The summed E-state index contributed by atoms with van der Waals surface area (Å²) >= 11 is -3.50. The second-order valence-corrected chi connectivity index (χ2v) is 4.05. The Balaban J connectivity index is 4.40. The van der Waals surface area contributed by atoms with Crippen molar-refractivity contribution in [3.63, 3.8) is 0 Å². The molecule has 6 N–H and O–H groups in total. The second-order valence-electron chi connectivity index (χ2n) is 2.76. The van der Waals surface area contributed by atoms with E-state index in [1.807, 2.05) is 0 Å². The molecule has 0 spiro atoms. The van der Waals surface area contributed by atoms with Crippen molar-refractivity contribution in [1.82, 2.24) is 16.4 Å². The van der Waals surface area contributed by atoms with Crippen molar-refractivity contribution in [2.24, 2.45) is 0 Å². The summed E-state index contributed by atoms with van der Waals surface area (Å²) in [5, 5.41) is 24.7. The number of hydrogen-bond acceptors (Lipinski definition) is 12. The third-order valence-electron chi connectivity index (χ3n) is 1.35. The lowest BCUT2D eigenvalue weighted by Gasteiger charge is -2.12. The van der Waals surface area contributed by atoms with Crippen LogP contribution in [0.3, 0.4) is 0 Å². The normalized spacial score (nSPS) is 9.63. The molecule has 0 atom stereocenters. The highest BCUT2D eigenvalue weighted by Gasteiger charge is 2.48. The topological polar surface area (TPSA) is 176 Å². The third kappa shape index (κ3) is 9.30. The maximum atomic E-state index is 11.0. The number of carbonyl (C=O) groups is 3. The molecule has 0 aliphatic rings. The van der Waals surface area contributed by atoms with E-state index in [9.17, 15) is 14.4 Å². The van der Waals surface area contributed by atoms with Crippen molar-refractivity contribution in [2.75, 3.05) is 19.6 Å². The van der Waals surface area contributed by atoms with Crippen LogP contribution >= 0.6 is 0 Å². The van der Waals surface area contributed by atoms with Gasteiger partial charge in [-0.05, 0) is 0 Å². The average Bonchev–Trinajstić information content (AvgIpc) is 2.29. The largest absolute Gasteiger partial charge is 1.20 e. The molecule has 13 heteroatoms. The van der Waals surface area contributed by atoms with E-state index in [4.69, 9.17) is 15.6 Å². The highest BCUT2D eigenvalue weighted by Crippen LogP contribution is 1.95. The first-order valence-corrected chi connectivity index (χ1v) is 6.14. The smallest absolute Gasteiger partial charge is 0.550 e. The van der Waals surface area contributed by atoms with E-state index in [0.717, 1.165) is 0 Å². The summed E-state index contributed by atoms with van der Waals surface area (Å²) in [6, 6.07) is 0. The van der Waals surface area contributed by atoms with Gasteiger partial charge in [0.15, 0.2) is 0 Å². The first-order chi connectivity index (χ1) is 9.03. The van der Waals surface area contributed by atoms with Crippen LogP contribution in [0.2, 0.25) is 0 Å².